The van der Waals surface area contributed by atoms with E-state index in [0.29, 0.717) is 43.2 Å². The molecule has 3 N–H and O–H groups in total. The number of nitrogens with one attached hydrogen (secondary N) is 3. The molecule has 2 aromatic rings. The molecule has 10 heteroatoms. The van der Waals surface area contributed by atoms with E-state index in [0.717, 1.165) is 5.75 Å². The molecule has 0 heterocycles. The van der Waals surface area contributed by atoms with Gasteiger partial charge in [-0.1, -0.05) is 12.1 Å². The first-order valence-electron chi connectivity index (χ1n) is 10.4. The number of amides is 3. The molecular weight excluding hydrogens is 428 g/mol. The van der Waals surface area contributed by atoms with E-state index in [1.54, 1.807) is 55.6 Å². The summed E-state index contributed by atoms with van der Waals surface area (Å²) in [5.74, 6) is -0.920. The number of ether oxygens (including phenoxy) is 3. The van der Waals surface area contributed by atoms with Crippen molar-refractivity contribution in [3.8, 4) is 11.5 Å². The molecule has 0 aliphatic carbocycles. The molecule has 0 aliphatic heterocycles. The van der Waals surface area contributed by atoms with Gasteiger partial charge in [0.15, 0.2) is 6.61 Å². The summed E-state index contributed by atoms with van der Waals surface area (Å²) in [6.45, 7) is 3.03. The first-order valence-corrected chi connectivity index (χ1v) is 10.4. The zero-order chi connectivity index (χ0) is 23.9. The molecule has 0 aliphatic rings. The Bertz CT molecular complexity index is 946. The summed E-state index contributed by atoms with van der Waals surface area (Å²) in [5, 5.41) is 8.98. The molecule has 2 aromatic carbocycles. The fraction of sp³-hybridized carbons (Fsp3) is 0.304. The highest BCUT2D eigenvalue weighted by molar-refractivity contribution is 6.35. The first kappa shape index (κ1) is 25.3. The summed E-state index contributed by atoms with van der Waals surface area (Å²) in [7, 11) is 1.55. The normalized spacial score (nSPS) is 10.5. The fourth-order valence-corrected chi connectivity index (χ4v) is 2.57. The molecule has 0 saturated heterocycles. The van der Waals surface area contributed by atoms with Gasteiger partial charge < -0.3 is 24.8 Å². The number of benzene rings is 2. The number of hydrazone groups is 1. The molecule has 176 valence electrons. The van der Waals surface area contributed by atoms with E-state index in [4.69, 9.17) is 14.2 Å². The van der Waals surface area contributed by atoms with Gasteiger partial charge in [0.05, 0.1) is 12.8 Å². The third-order valence-electron chi connectivity index (χ3n) is 4.11. The molecule has 0 saturated carbocycles. The average molecular weight is 456 g/mol. The van der Waals surface area contributed by atoms with Crippen LogP contribution >= 0.6 is 0 Å². The van der Waals surface area contributed by atoms with Gasteiger partial charge in [0.2, 0.25) is 0 Å². The molecule has 0 aromatic heterocycles. The molecule has 0 bridgehead atoms. The molecule has 3 amide bonds. The van der Waals surface area contributed by atoms with E-state index in [9.17, 15) is 14.4 Å². The van der Waals surface area contributed by atoms with E-state index in [2.05, 4.69) is 21.2 Å². The Morgan fingerprint density at radius 3 is 2.48 bits per heavy atom. The lowest BCUT2D eigenvalue weighted by molar-refractivity contribution is -0.139. The molecule has 2 rings (SSSR count). The number of anilines is 1. The lowest BCUT2D eigenvalue weighted by atomic mass is 10.2. The van der Waals surface area contributed by atoms with Crippen LogP contribution < -0.4 is 25.5 Å². The largest absolute Gasteiger partial charge is 0.494 e. The zero-order valence-electron chi connectivity index (χ0n) is 18.6. The molecule has 0 unspecified atom stereocenters. The second kappa shape index (κ2) is 14.2. The highest BCUT2D eigenvalue weighted by Crippen LogP contribution is 2.17. The van der Waals surface area contributed by atoms with Crippen molar-refractivity contribution in [1.29, 1.82) is 0 Å². The van der Waals surface area contributed by atoms with Crippen LogP contribution in [0.4, 0.5) is 5.69 Å². The van der Waals surface area contributed by atoms with E-state index >= 15 is 0 Å². The van der Waals surface area contributed by atoms with Crippen molar-refractivity contribution in [3.05, 3.63) is 54.1 Å². The third-order valence-corrected chi connectivity index (χ3v) is 4.11. The minimum atomic E-state index is -0.892. The van der Waals surface area contributed by atoms with Gasteiger partial charge in [-0.2, -0.15) is 5.10 Å². The molecular formula is C23H28N4O6. The van der Waals surface area contributed by atoms with E-state index in [1.807, 2.05) is 6.92 Å². The van der Waals surface area contributed by atoms with Gasteiger partial charge in [-0.15, -0.1) is 0 Å². The van der Waals surface area contributed by atoms with Gasteiger partial charge in [-0.25, -0.2) is 5.43 Å². The van der Waals surface area contributed by atoms with Crippen LogP contribution in [0.15, 0.2) is 53.6 Å². The van der Waals surface area contributed by atoms with Crippen LogP contribution in [0.1, 0.15) is 18.9 Å². The minimum Gasteiger partial charge on any atom is -0.494 e. The smallest absolute Gasteiger partial charge is 0.329 e. The van der Waals surface area contributed by atoms with Crippen molar-refractivity contribution < 1.29 is 28.6 Å². The Morgan fingerprint density at radius 1 is 1.00 bits per heavy atom. The maximum absolute atomic E-state index is 12.2. The van der Waals surface area contributed by atoms with Gasteiger partial charge in [0, 0.05) is 31.5 Å². The Balaban J connectivity index is 1.83. The van der Waals surface area contributed by atoms with Crippen LogP contribution in [0.5, 0.6) is 11.5 Å². The molecule has 0 atom stereocenters. The Labute approximate surface area is 192 Å². The molecule has 0 spiro atoms. The number of carbonyl (C=O) groups is 3. The molecule has 0 fully saturated rings. The maximum atomic E-state index is 12.2. The average Bonchev–Trinajstić information content (AvgIpc) is 2.82. The summed E-state index contributed by atoms with van der Waals surface area (Å²) in [6.07, 6.45) is 1.92. The van der Waals surface area contributed by atoms with Gasteiger partial charge in [-0.3, -0.25) is 14.4 Å². The minimum absolute atomic E-state index is 0.228. The van der Waals surface area contributed by atoms with Crippen molar-refractivity contribution >= 4 is 29.6 Å². The number of methoxy groups -OCH3 is 1. The van der Waals surface area contributed by atoms with Crippen molar-refractivity contribution in [3.63, 3.8) is 0 Å². The highest BCUT2D eigenvalue weighted by Gasteiger charge is 2.11. The number of hydrogen-bond donors (Lipinski definition) is 3. The van der Waals surface area contributed by atoms with E-state index in [1.165, 1.54) is 6.21 Å². The summed E-state index contributed by atoms with van der Waals surface area (Å²) in [5.41, 5.74) is 3.29. The number of carbonyl (C=O) groups excluding carboxylic acids is 3. The third kappa shape index (κ3) is 9.40. The van der Waals surface area contributed by atoms with Crippen molar-refractivity contribution in [2.24, 2.45) is 5.10 Å². The molecule has 33 heavy (non-hydrogen) atoms. The van der Waals surface area contributed by atoms with Gasteiger partial charge in [0.25, 0.3) is 5.91 Å². The Kier molecular flexibility index (Phi) is 10.9. The monoisotopic (exact) mass is 456 g/mol. The summed E-state index contributed by atoms with van der Waals surface area (Å²) < 4.78 is 15.8. The number of hydrogen-bond acceptors (Lipinski definition) is 7. The number of para-hydroxylation sites is 1. The van der Waals surface area contributed by atoms with Crippen LogP contribution in [0, 0.1) is 0 Å². The maximum Gasteiger partial charge on any atom is 0.329 e. The second-order valence-electron chi connectivity index (χ2n) is 6.63. The lowest BCUT2D eigenvalue weighted by Gasteiger charge is -2.10. The van der Waals surface area contributed by atoms with Crippen molar-refractivity contribution in [2.75, 3.05) is 38.8 Å². The highest BCUT2D eigenvalue weighted by atomic mass is 16.5. The SMILES string of the molecule is CCOc1ccc(NC(=O)COc2ccccc2/C=N\NC(=O)C(=O)NCCCOC)cc1. The first-order chi connectivity index (χ1) is 16.0. The Hall–Kier alpha value is -3.92. The molecule has 0 radical (unpaired) electrons. The van der Waals surface area contributed by atoms with Gasteiger partial charge >= 0.3 is 11.8 Å². The van der Waals surface area contributed by atoms with Gasteiger partial charge in [-0.05, 0) is 49.7 Å². The quantitative estimate of drug-likeness (QED) is 0.193. The van der Waals surface area contributed by atoms with Crippen molar-refractivity contribution in [2.45, 2.75) is 13.3 Å². The fourth-order valence-electron chi connectivity index (χ4n) is 2.57. The zero-order valence-corrected chi connectivity index (χ0v) is 18.6. The van der Waals surface area contributed by atoms with Crippen molar-refractivity contribution in [1.82, 2.24) is 10.7 Å². The number of rotatable bonds is 12. The van der Waals surface area contributed by atoms with Crippen LogP contribution in [0.25, 0.3) is 0 Å². The molecule has 10 nitrogen and oxygen atoms in total. The van der Waals surface area contributed by atoms with Crippen LogP contribution in [0.2, 0.25) is 0 Å². The topological polar surface area (TPSA) is 127 Å². The standard InChI is InChI=1S/C23H28N4O6/c1-3-32-19-11-9-18(10-12-19)26-21(28)16-33-20-8-5-4-7-17(20)15-25-27-23(30)22(29)24-13-6-14-31-2/h4-5,7-12,15H,3,6,13-14,16H2,1-2H3,(H,24,29)(H,26,28)(H,27,30)/b25-15-. The second-order valence-corrected chi connectivity index (χ2v) is 6.63. The summed E-state index contributed by atoms with van der Waals surface area (Å²) in [6, 6.07) is 13.8. The summed E-state index contributed by atoms with van der Waals surface area (Å²) in [4.78, 5) is 35.7. The predicted octanol–water partition coefficient (Wildman–Crippen LogP) is 1.71. The van der Waals surface area contributed by atoms with Crippen LogP contribution in [-0.2, 0) is 19.1 Å². The van der Waals surface area contributed by atoms with E-state index in [-0.39, 0.29) is 12.5 Å². The van der Waals surface area contributed by atoms with Crippen LogP contribution in [-0.4, -0.2) is 57.4 Å². The van der Waals surface area contributed by atoms with Gasteiger partial charge in [0.1, 0.15) is 11.5 Å². The van der Waals surface area contributed by atoms with Crippen LogP contribution in [0.3, 0.4) is 0 Å². The lowest BCUT2D eigenvalue weighted by Crippen LogP contribution is -2.38. The number of nitrogens with zero attached hydrogens (tertiary/aromatic N) is 1. The van der Waals surface area contributed by atoms with E-state index < -0.39 is 11.8 Å². The summed E-state index contributed by atoms with van der Waals surface area (Å²) >= 11 is 0. The predicted molar refractivity (Wildman–Crippen MR) is 123 cm³/mol. The Morgan fingerprint density at radius 2 is 1.76 bits per heavy atom.